The Balaban J connectivity index is 0.000000379. The lowest BCUT2D eigenvalue weighted by molar-refractivity contribution is -0.144. The summed E-state index contributed by atoms with van der Waals surface area (Å²) in [5.41, 5.74) is 20.6. The monoisotopic (exact) mass is 533 g/mol. The minimum absolute atomic E-state index is 0.00365. The summed E-state index contributed by atoms with van der Waals surface area (Å²) in [6.45, 7) is 1.61. The van der Waals surface area contributed by atoms with Gasteiger partial charge in [-0.3, -0.25) is 20.0 Å². The zero-order valence-corrected chi connectivity index (χ0v) is 20.0. The van der Waals surface area contributed by atoms with Crippen LogP contribution in [-0.2, 0) is 19.9 Å². The molecule has 1 fully saturated rings. The Kier molecular flexibility index (Phi) is 11.3. The maximum Gasteiger partial charge on any atom is 0.362 e. The number of rotatable bonds is 10. The quantitative estimate of drug-likeness (QED) is 0.0207. The largest absolute Gasteiger partial charge is 0.491 e. The number of aliphatic hydroxyl groups excluding tert-OH is 1. The molecule has 194 valence electrons. The van der Waals surface area contributed by atoms with Crippen LogP contribution in [0.4, 0.5) is 5.69 Å². The zero-order valence-electron chi connectivity index (χ0n) is 18.4. The van der Waals surface area contributed by atoms with E-state index in [-0.39, 0.29) is 34.9 Å². The van der Waals surface area contributed by atoms with Crippen molar-refractivity contribution in [1.29, 1.82) is 0 Å². The van der Waals surface area contributed by atoms with Gasteiger partial charge in [-0.05, 0) is 31.2 Å². The number of nitrogens with two attached hydrogens (primary N) is 4. The summed E-state index contributed by atoms with van der Waals surface area (Å²) in [6, 6.07) is 4.85. The van der Waals surface area contributed by atoms with E-state index in [9.17, 15) is 18.0 Å². The van der Waals surface area contributed by atoms with E-state index in [1.165, 1.54) is 6.92 Å². The van der Waals surface area contributed by atoms with Crippen molar-refractivity contribution in [3.63, 3.8) is 0 Å². The van der Waals surface area contributed by atoms with Gasteiger partial charge in [0.1, 0.15) is 24.1 Å². The zero-order chi connectivity index (χ0) is 26.8. The molecule has 0 aliphatic carbocycles. The number of hydrogen-bond acceptors (Lipinski definition) is 12. The Morgan fingerprint density at radius 2 is 1.89 bits per heavy atom. The van der Waals surface area contributed by atoms with Gasteiger partial charge in [-0.1, -0.05) is 12.2 Å². The molecular weight excluding hydrogens is 506 g/mol. The van der Waals surface area contributed by atoms with E-state index in [2.05, 4.69) is 28.0 Å². The summed E-state index contributed by atoms with van der Waals surface area (Å²) in [4.78, 5) is 27.2. The molecule has 35 heavy (non-hydrogen) atoms. The van der Waals surface area contributed by atoms with Gasteiger partial charge >= 0.3 is 10.3 Å². The highest BCUT2D eigenvalue weighted by Crippen LogP contribution is 2.23. The number of benzene rings is 1. The van der Waals surface area contributed by atoms with Crippen molar-refractivity contribution in [3.8, 4) is 5.75 Å². The van der Waals surface area contributed by atoms with Crippen molar-refractivity contribution in [2.75, 3.05) is 13.2 Å². The minimum Gasteiger partial charge on any atom is -0.491 e. The number of nitrogens with zero attached hydrogens (tertiary/aromatic N) is 2. The maximum atomic E-state index is 11.8. The molecule has 1 aliphatic rings. The van der Waals surface area contributed by atoms with Crippen molar-refractivity contribution in [2.24, 2.45) is 28.0 Å². The predicted octanol–water partition coefficient (Wildman–Crippen LogP) is -3.39. The van der Waals surface area contributed by atoms with Gasteiger partial charge in [0, 0.05) is 5.37 Å². The third-order valence-corrected chi connectivity index (χ3v) is 5.43. The molecule has 1 aromatic rings. The molecule has 2 rings (SSSR count). The molecule has 18 heteroatoms. The fourth-order valence-corrected chi connectivity index (χ4v) is 3.68. The molecule has 0 spiro atoms. The summed E-state index contributed by atoms with van der Waals surface area (Å²) in [7, 11) is -4.66. The van der Waals surface area contributed by atoms with Gasteiger partial charge in [-0.25, -0.2) is 9.30 Å². The predicted molar refractivity (Wildman–Crippen MR) is 130 cm³/mol. The number of allylic oxidation sites excluding steroid dienone is 1. The molecule has 2 amide bonds. The van der Waals surface area contributed by atoms with E-state index in [0.29, 0.717) is 11.4 Å². The van der Waals surface area contributed by atoms with Gasteiger partial charge in [-0.15, -0.1) is 0 Å². The summed E-state index contributed by atoms with van der Waals surface area (Å²) in [5.74, 6) is 3.86. The molecule has 0 unspecified atom stereocenters. The number of hydrogen-bond donors (Lipinski definition) is 9. The van der Waals surface area contributed by atoms with Gasteiger partial charge in [0.15, 0.2) is 5.96 Å². The number of thiocarbonyl (C=S) groups is 1. The van der Waals surface area contributed by atoms with Crippen molar-refractivity contribution < 1.29 is 32.4 Å². The van der Waals surface area contributed by atoms with Crippen LogP contribution in [-0.4, -0.2) is 70.8 Å². The fraction of sp³-hybridized carbons (Fsp3) is 0.294. The van der Waals surface area contributed by atoms with E-state index in [0.717, 1.165) is 5.37 Å². The minimum atomic E-state index is -4.66. The lowest BCUT2D eigenvalue weighted by Crippen LogP contribution is -2.71. The molecular formula is C17H27N9O7S2. The second-order valence-corrected chi connectivity index (χ2v) is 8.15. The number of carbonyl (C=O) groups is 2. The number of aliphatic hydroxyl groups is 1. The number of carbonyl (C=O) groups excluding carboxylic acids is 2. The fourth-order valence-electron chi connectivity index (χ4n) is 2.61. The van der Waals surface area contributed by atoms with Gasteiger partial charge < -0.3 is 37.8 Å². The second-order valence-electron chi connectivity index (χ2n) is 6.62. The number of amides is 2. The summed E-state index contributed by atoms with van der Waals surface area (Å²) >= 11 is 4.62. The molecule has 16 nitrogen and oxygen atoms in total. The molecule has 0 bridgehead atoms. The number of ether oxygens (including phenoxy) is 1. The van der Waals surface area contributed by atoms with Crippen LogP contribution in [0.5, 0.6) is 5.75 Å². The van der Waals surface area contributed by atoms with Crippen LogP contribution < -0.4 is 44.1 Å². The van der Waals surface area contributed by atoms with E-state index >= 15 is 0 Å². The number of aliphatic imine (C=N–C) groups is 1. The SMILES string of the molecule is C[C@H]1[C@H](NC(=O)/C(N)=C(\C=S)NNN)C(=O)N1S(=O)(=O)O.NC(N)=Nc1ccc(OCCO)cc1. The Labute approximate surface area is 206 Å². The molecule has 1 heterocycles. The maximum absolute atomic E-state index is 11.8. The molecule has 13 N–H and O–H groups in total. The average molecular weight is 534 g/mol. The number of hydrazine groups is 2. The molecule has 2 atom stereocenters. The first-order valence-corrected chi connectivity index (χ1v) is 11.5. The van der Waals surface area contributed by atoms with Crippen LogP contribution in [0.3, 0.4) is 0 Å². The van der Waals surface area contributed by atoms with Gasteiger partial charge in [-0.2, -0.15) is 14.0 Å². The standard InChI is InChI=1S/C9H13N3O2.C8H14N6O5S2/c10-9(11)12-7-1-3-8(4-2-7)14-6-5-13;1-3-6(8(16)14(3)21(17,18)19)11-7(15)5(9)4(2-20)12-13-10/h1-4,13H,5-6H2,(H4,10,11,12);2-3,6,12-13H,9-10H2,1H3,(H,11,15)(H,17,18,19)/b;5-4-/t;3-,6-/m.0/s1. The highest BCUT2D eigenvalue weighted by atomic mass is 32.2. The van der Waals surface area contributed by atoms with Crippen molar-refractivity contribution >= 4 is 51.4 Å². The first-order chi connectivity index (χ1) is 16.4. The Morgan fingerprint density at radius 1 is 1.29 bits per heavy atom. The summed E-state index contributed by atoms with van der Waals surface area (Å²) in [5, 5.41) is 11.8. The van der Waals surface area contributed by atoms with Crippen molar-refractivity contribution in [2.45, 2.75) is 19.0 Å². The lowest BCUT2D eigenvalue weighted by Gasteiger charge is -2.42. The summed E-state index contributed by atoms with van der Waals surface area (Å²) in [6.07, 6.45) is 0. The van der Waals surface area contributed by atoms with Crippen LogP contribution >= 0.6 is 12.2 Å². The molecule has 0 aromatic heterocycles. The van der Waals surface area contributed by atoms with Gasteiger partial charge in [0.05, 0.1) is 24.0 Å². The van der Waals surface area contributed by atoms with Crippen molar-refractivity contribution in [3.05, 3.63) is 35.7 Å². The summed E-state index contributed by atoms with van der Waals surface area (Å²) < 4.78 is 36.0. The number of nitrogens with one attached hydrogen (secondary N) is 3. The highest BCUT2D eigenvalue weighted by molar-refractivity contribution is 7.84. The Bertz CT molecular complexity index is 1070. The average Bonchev–Trinajstić information content (AvgIpc) is 2.79. The van der Waals surface area contributed by atoms with Crippen LogP contribution in [0.15, 0.2) is 40.7 Å². The third-order valence-electron chi connectivity index (χ3n) is 4.19. The van der Waals surface area contributed by atoms with Crippen LogP contribution in [0, 0.1) is 0 Å². The lowest BCUT2D eigenvalue weighted by atomic mass is 10.0. The van der Waals surface area contributed by atoms with E-state index in [1.807, 2.05) is 5.53 Å². The highest BCUT2D eigenvalue weighted by Gasteiger charge is 2.51. The van der Waals surface area contributed by atoms with Crippen LogP contribution in [0.2, 0.25) is 0 Å². The molecule has 1 aliphatic heterocycles. The Hall–Kier alpha value is -3.55. The van der Waals surface area contributed by atoms with Crippen molar-refractivity contribution in [1.82, 2.24) is 20.6 Å². The third kappa shape index (κ3) is 8.63. The molecule has 0 radical (unpaired) electrons. The van der Waals surface area contributed by atoms with Gasteiger partial charge in [0.25, 0.3) is 11.8 Å². The van der Waals surface area contributed by atoms with Crippen LogP contribution in [0.25, 0.3) is 0 Å². The van der Waals surface area contributed by atoms with E-state index in [4.69, 9.17) is 37.4 Å². The molecule has 1 aromatic carbocycles. The topological polar surface area (TPSA) is 274 Å². The molecule has 0 saturated carbocycles. The van der Waals surface area contributed by atoms with E-state index < -0.39 is 34.2 Å². The van der Waals surface area contributed by atoms with Gasteiger partial charge in [0.2, 0.25) is 0 Å². The second kappa shape index (κ2) is 13.4. The van der Waals surface area contributed by atoms with Crippen LogP contribution in [0.1, 0.15) is 6.92 Å². The normalized spacial score (nSPS) is 17.6. The van der Waals surface area contributed by atoms with E-state index in [1.54, 1.807) is 24.3 Å². The Morgan fingerprint density at radius 3 is 2.31 bits per heavy atom. The smallest absolute Gasteiger partial charge is 0.362 e. The first-order valence-electron chi connectivity index (χ1n) is 9.58. The number of guanidine groups is 1. The number of β-lactam (4-membered cyclic amide) rings is 1. The molecule has 1 saturated heterocycles. The first kappa shape index (κ1) is 29.5.